The first kappa shape index (κ1) is 15.3. The lowest BCUT2D eigenvalue weighted by molar-refractivity contribution is -0.141. The maximum atomic E-state index is 12.4. The number of amides is 2. The minimum Gasteiger partial charge on any atom is -0.375 e. The minimum absolute atomic E-state index is 0.0133. The van der Waals surface area contributed by atoms with Crippen molar-refractivity contribution < 1.29 is 14.3 Å². The van der Waals surface area contributed by atoms with Gasteiger partial charge in [0.05, 0.1) is 5.70 Å². The molecule has 1 aliphatic heterocycles. The molecule has 1 N–H and O–H groups in total. The third-order valence-electron chi connectivity index (χ3n) is 3.37. The molecule has 1 aromatic rings. The zero-order valence-corrected chi connectivity index (χ0v) is 12.5. The smallest absolute Gasteiger partial charge is 0.253 e. The number of rotatable bonds is 4. The van der Waals surface area contributed by atoms with Crippen LogP contribution in [0.15, 0.2) is 36.5 Å². The molecule has 1 heterocycles. The predicted molar refractivity (Wildman–Crippen MR) is 79.9 cm³/mol. The molecule has 2 amide bonds. The molecule has 1 unspecified atom stereocenters. The molecule has 0 aliphatic carbocycles. The van der Waals surface area contributed by atoms with Crippen LogP contribution < -0.4 is 5.32 Å². The van der Waals surface area contributed by atoms with E-state index in [0.29, 0.717) is 5.70 Å². The van der Waals surface area contributed by atoms with Crippen LogP contribution in [-0.2, 0) is 14.3 Å². The van der Waals surface area contributed by atoms with E-state index in [9.17, 15) is 9.59 Å². The van der Waals surface area contributed by atoms with Gasteiger partial charge >= 0.3 is 0 Å². The summed E-state index contributed by atoms with van der Waals surface area (Å²) in [4.78, 5) is 26.0. The lowest BCUT2D eigenvalue weighted by Crippen LogP contribution is -2.53. The van der Waals surface area contributed by atoms with Crippen LogP contribution in [-0.4, -0.2) is 36.5 Å². The maximum Gasteiger partial charge on any atom is 0.253 e. The van der Waals surface area contributed by atoms with Gasteiger partial charge < -0.3 is 15.0 Å². The number of benzene rings is 1. The Bertz CT molecular complexity index is 552. The van der Waals surface area contributed by atoms with Crippen LogP contribution >= 0.6 is 0 Å². The average Bonchev–Trinajstić information content (AvgIpc) is 2.47. The molecule has 112 valence electrons. The number of ether oxygens (including phenoxy) is 1. The van der Waals surface area contributed by atoms with Gasteiger partial charge in [-0.3, -0.25) is 9.59 Å². The highest BCUT2D eigenvalue weighted by Crippen LogP contribution is 2.22. The number of carbonyl (C=O) groups is 2. The van der Waals surface area contributed by atoms with E-state index in [1.54, 1.807) is 6.20 Å². The molecule has 0 saturated heterocycles. The number of nitrogens with one attached hydrogen (secondary N) is 1. The molecule has 1 atom stereocenters. The standard InChI is InChI=1S/C16H20N2O3/c1-11(2)15-16(20)17-13(12-7-5-4-6-8-12)9-18(15)14(19)10-21-3/h4-9,11,15H,10H2,1-3H3,(H,17,20). The van der Waals surface area contributed by atoms with E-state index in [0.717, 1.165) is 5.56 Å². The third kappa shape index (κ3) is 3.31. The molecule has 0 spiro atoms. The first-order valence-corrected chi connectivity index (χ1v) is 6.92. The molecule has 0 fully saturated rings. The van der Waals surface area contributed by atoms with Gasteiger partial charge in [0.1, 0.15) is 12.6 Å². The lowest BCUT2D eigenvalue weighted by atomic mass is 9.98. The van der Waals surface area contributed by atoms with Crippen LogP contribution in [0.1, 0.15) is 19.4 Å². The molecule has 1 aromatic carbocycles. The Morgan fingerprint density at radius 3 is 2.57 bits per heavy atom. The Morgan fingerprint density at radius 2 is 2.00 bits per heavy atom. The third-order valence-corrected chi connectivity index (χ3v) is 3.37. The summed E-state index contributed by atoms with van der Waals surface area (Å²) in [5, 5.41) is 2.88. The molecule has 0 aromatic heterocycles. The monoisotopic (exact) mass is 288 g/mol. The van der Waals surface area contributed by atoms with Gasteiger partial charge in [0.2, 0.25) is 5.91 Å². The van der Waals surface area contributed by atoms with Crippen molar-refractivity contribution in [3.8, 4) is 0 Å². The maximum absolute atomic E-state index is 12.4. The van der Waals surface area contributed by atoms with E-state index in [1.165, 1.54) is 12.0 Å². The van der Waals surface area contributed by atoms with Gasteiger partial charge in [-0.1, -0.05) is 44.2 Å². The second kappa shape index (κ2) is 6.54. The van der Waals surface area contributed by atoms with Crippen molar-refractivity contribution in [3.05, 3.63) is 42.1 Å². The minimum atomic E-state index is -0.514. The van der Waals surface area contributed by atoms with E-state index in [2.05, 4.69) is 5.32 Å². The molecule has 1 aliphatic rings. The van der Waals surface area contributed by atoms with Gasteiger partial charge in [-0.15, -0.1) is 0 Å². The van der Waals surface area contributed by atoms with E-state index in [-0.39, 0.29) is 24.3 Å². The number of carbonyl (C=O) groups excluding carboxylic acids is 2. The Kier molecular flexibility index (Phi) is 4.75. The van der Waals surface area contributed by atoms with Crippen molar-refractivity contribution in [2.24, 2.45) is 5.92 Å². The Labute approximate surface area is 124 Å². The van der Waals surface area contributed by atoms with Gasteiger partial charge in [-0.2, -0.15) is 0 Å². The number of hydrogen-bond acceptors (Lipinski definition) is 3. The normalized spacial score (nSPS) is 18.5. The molecule has 0 radical (unpaired) electrons. The summed E-state index contributed by atoms with van der Waals surface area (Å²) in [5.74, 6) is -0.380. The summed E-state index contributed by atoms with van der Waals surface area (Å²) in [6.45, 7) is 3.78. The zero-order valence-electron chi connectivity index (χ0n) is 12.5. The molecule has 0 saturated carbocycles. The molecule has 0 bridgehead atoms. The molecular formula is C16H20N2O3. The van der Waals surface area contributed by atoms with Crippen molar-refractivity contribution in [3.63, 3.8) is 0 Å². The molecule has 2 rings (SSSR count). The zero-order chi connectivity index (χ0) is 15.4. The van der Waals surface area contributed by atoms with Gasteiger partial charge in [0.15, 0.2) is 0 Å². The summed E-state index contributed by atoms with van der Waals surface area (Å²) >= 11 is 0. The fourth-order valence-corrected chi connectivity index (χ4v) is 2.40. The quantitative estimate of drug-likeness (QED) is 0.916. The fraction of sp³-hybridized carbons (Fsp3) is 0.375. The number of nitrogens with zero attached hydrogens (tertiary/aromatic N) is 1. The first-order chi connectivity index (χ1) is 10.0. The highest BCUT2D eigenvalue weighted by Gasteiger charge is 2.35. The van der Waals surface area contributed by atoms with Crippen molar-refractivity contribution in [2.45, 2.75) is 19.9 Å². The van der Waals surface area contributed by atoms with Crippen molar-refractivity contribution >= 4 is 17.5 Å². The van der Waals surface area contributed by atoms with E-state index in [1.807, 2.05) is 44.2 Å². The van der Waals surface area contributed by atoms with Gasteiger partial charge in [0.25, 0.3) is 5.91 Å². The van der Waals surface area contributed by atoms with Gasteiger partial charge in [-0.05, 0) is 11.5 Å². The van der Waals surface area contributed by atoms with Crippen LogP contribution in [0.2, 0.25) is 0 Å². The summed E-state index contributed by atoms with van der Waals surface area (Å²) in [7, 11) is 1.47. The second-order valence-electron chi connectivity index (χ2n) is 5.32. The molecular weight excluding hydrogens is 268 g/mol. The van der Waals surface area contributed by atoms with Crippen molar-refractivity contribution in [1.82, 2.24) is 10.2 Å². The summed E-state index contributed by atoms with van der Waals surface area (Å²) in [6.07, 6.45) is 1.70. The number of methoxy groups -OCH3 is 1. The van der Waals surface area contributed by atoms with Crippen LogP contribution in [0.25, 0.3) is 5.70 Å². The van der Waals surface area contributed by atoms with Crippen LogP contribution in [0.4, 0.5) is 0 Å². The molecule has 21 heavy (non-hydrogen) atoms. The van der Waals surface area contributed by atoms with Crippen molar-refractivity contribution in [2.75, 3.05) is 13.7 Å². The SMILES string of the molecule is COCC(=O)N1C=C(c2ccccc2)NC(=O)C1C(C)C. The Morgan fingerprint density at radius 1 is 1.33 bits per heavy atom. The van der Waals surface area contributed by atoms with Crippen LogP contribution in [0, 0.1) is 5.92 Å². The Hall–Kier alpha value is -2.14. The van der Waals surface area contributed by atoms with Gasteiger partial charge in [-0.25, -0.2) is 0 Å². The molecule has 5 heteroatoms. The summed E-state index contributed by atoms with van der Waals surface area (Å²) in [5.41, 5.74) is 1.49. The highest BCUT2D eigenvalue weighted by molar-refractivity contribution is 5.97. The van der Waals surface area contributed by atoms with Crippen molar-refractivity contribution in [1.29, 1.82) is 0 Å². The lowest BCUT2D eigenvalue weighted by Gasteiger charge is -2.35. The highest BCUT2D eigenvalue weighted by atomic mass is 16.5. The van der Waals surface area contributed by atoms with E-state index in [4.69, 9.17) is 4.74 Å². The topological polar surface area (TPSA) is 58.6 Å². The summed E-state index contributed by atoms with van der Waals surface area (Å²) < 4.78 is 4.91. The molecule has 5 nitrogen and oxygen atoms in total. The van der Waals surface area contributed by atoms with Gasteiger partial charge in [0, 0.05) is 13.3 Å². The Balaban J connectivity index is 2.38. The predicted octanol–water partition coefficient (Wildman–Crippen LogP) is 1.61. The number of hydrogen-bond donors (Lipinski definition) is 1. The van der Waals surface area contributed by atoms with E-state index < -0.39 is 6.04 Å². The first-order valence-electron chi connectivity index (χ1n) is 6.92. The van der Waals surface area contributed by atoms with Crippen LogP contribution in [0.5, 0.6) is 0 Å². The van der Waals surface area contributed by atoms with Crippen LogP contribution in [0.3, 0.4) is 0 Å². The average molecular weight is 288 g/mol. The largest absolute Gasteiger partial charge is 0.375 e. The second-order valence-corrected chi connectivity index (χ2v) is 5.32. The van der Waals surface area contributed by atoms with E-state index >= 15 is 0 Å². The summed E-state index contributed by atoms with van der Waals surface area (Å²) in [6, 6.07) is 8.94. The fourth-order valence-electron chi connectivity index (χ4n) is 2.40.